The molecule has 4 nitrogen and oxygen atoms in total. The van der Waals surface area contributed by atoms with Gasteiger partial charge in [-0.15, -0.1) is 0 Å². The van der Waals surface area contributed by atoms with Gasteiger partial charge in [0.25, 0.3) is 0 Å². The molecular weight excluding hydrogens is 202 g/mol. The largest absolute Gasteiger partial charge is 0.379 e. The van der Waals surface area contributed by atoms with Crippen LogP contribution in [0.1, 0.15) is 20.3 Å². The van der Waals surface area contributed by atoms with Gasteiger partial charge in [-0.25, -0.2) is 0 Å². The highest BCUT2D eigenvalue weighted by Gasteiger charge is 2.10. The van der Waals surface area contributed by atoms with Crippen LogP contribution >= 0.6 is 0 Å². The molecule has 2 aliphatic rings. The first-order chi connectivity index (χ1) is 7.95. The zero-order valence-corrected chi connectivity index (χ0v) is 10.4. The maximum atomic E-state index is 5.29. The fourth-order valence-electron chi connectivity index (χ4n) is 1.63. The molecule has 2 heterocycles. The van der Waals surface area contributed by atoms with Gasteiger partial charge < -0.3 is 4.74 Å². The van der Waals surface area contributed by atoms with E-state index in [1.54, 1.807) is 0 Å². The van der Waals surface area contributed by atoms with E-state index < -0.39 is 0 Å². The topological polar surface area (TPSA) is 28.1 Å². The lowest BCUT2D eigenvalue weighted by Crippen LogP contribution is -2.39. The zero-order chi connectivity index (χ0) is 11.6. The second-order valence-corrected chi connectivity index (χ2v) is 3.54. The Hall–Kier alpha value is -0.870. The van der Waals surface area contributed by atoms with E-state index in [1.807, 2.05) is 25.1 Å². The Bertz CT molecular complexity index is 210. The summed E-state index contributed by atoms with van der Waals surface area (Å²) in [6.45, 7) is 9.92. The van der Waals surface area contributed by atoms with Crippen LogP contribution < -0.4 is 0 Å². The molecule has 0 bridgehead atoms. The third-order valence-electron chi connectivity index (χ3n) is 2.50. The molecule has 0 aliphatic carbocycles. The lowest BCUT2D eigenvalue weighted by molar-refractivity contribution is 0.0353. The highest BCUT2D eigenvalue weighted by Crippen LogP contribution is 2.01. The number of hydrogen-bond acceptors (Lipinski definition) is 4. The normalized spacial score (nSPS) is 20.5. The summed E-state index contributed by atoms with van der Waals surface area (Å²) in [7, 11) is 0. The Morgan fingerprint density at radius 3 is 2.56 bits per heavy atom. The van der Waals surface area contributed by atoms with Crippen molar-refractivity contribution in [3.8, 4) is 0 Å². The molecule has 1 saturated heterocycles. The molecule has 0 aromatic heterocycles. The number of hydrogen-bond donors (Lipinski definition) is 0. The van der Waals surface area contributed by atoms with Gasteiger partial charge in [0.2, 0.25) is 0 Å². The lowest BCUT2D eigenvalue weighted by atomic mass is 10.4. The molecule has 0 N–H and O–H groups in total. The van der Waals surface area contributed by atoms with Gasteiger partial charge in [-0.1, -0.05) is 19.9 Å². The summed E-state index contributed by atoms with van der Waals surface area (Å²) >= 11 is 0. The minimum atomic E-state index is 0.874. The van der Waals surface area contributed by atoms with Crippen molar-refractivity contribution >= 4 is 6.21 Å². The number of morpholine rings is 1. The Morgan fingerprint density at radius 2 is 1.94 bits per heavy atom. The van der Waals surface area contributed by atoms with Crippen LogP contribution in [0.2, 0.25) is 0 Å². The zero-order valence-electron chi connectivity index (χ0n) is 10.4. The van der Waals surface area contributed by atoms with Gasteiger partial charge in [0.1, 0.15) is 0 Å². The molecule has 0 unspecified atom stereocenters. The van der Waals surface area contributed by atoms with E-state index in [0.717, 1.165) is 45.8 Å². The standard InChI is InChI=1S/C10H17N3O.C2H6/c1-2-4-13(11-3-1)6-5-12-7-9-14-10-8-12;1-2/h2-4H,1,5-10H2;1-2H3. The maximum absolute atomic E-state index is 5.29. The molecule has 92 valence electrons. The average Bonchev–Trinajstić information content (AvgIpc) is 2.41. The Morgan fingerprint density at radius 1 is 1.19 bits per heavy atom. The summed E-state index contributed by atoms with van der Waals surface area (Å²) in [5.41, 5.74) is 0. The summed E-state index contributed by atoms with van der Waals surface area (Å²) in [6.07, 6.45) is 7.10. The quantitative estimate of drug-likeness (QED) is 0.729. The lowest BCUT2D eigenvalue weighted by Gasteiger charge is -2.28. The summed E-state index contributed by atoms with van der Waals surface area (Å²) in [4.78, 5) is 2.42. The summed E-state index contributed by atoms with van der Waals surface area (Å²) in [5, 5.41) is 6.28. The van der Waals surface area contributed by atoms with Crippen molar-refractivity contribution in [2.24, 2.45) is 5.10 Å². The summed E-state index contributed by atoms with van der Waals surface area (Å²) < 4.78 is 5.29. The van der Waals surface area contributed by atoms with Crippen molar-refractivity contribution in [3.05, 3.63) is 12.3 Å². The van der Waals surface area contributed by atoms with Gasteiger partial charge in [0.15, 0.2) is 0 Å². The van der Waals surface area contributed by atoms with E-state index in [9.17, 15) is 0 Å². The number of hydrazone groups is 1. The monoisotopic (exact) mass is 225 g/mol. The number of nitrogens with zero attached hydrogens (tertiary/aromatic N) is 3. The third-order valence-corrected chi connectivity index (χ3v) is 2.50. The molecule has 2 aliphatic heterocycles. The number of allylic oxidation sites excluding steroid dienone is 1. The molecular formula is C12H23N3O. The van der Waals surface area contributed by atoms with Crippen LogP contribution in [-0.2, 0) is 4.74 Å². The van der Waals surface area contributed by atoms with Gasteiger partial charge in [-0.05, 0) is 0 Å². The molecule has 0 amide bonds. The smallest absolute Gasteiger partial charge is 0.0594 e. The van der Waals surface area contributed by atoms with E-state index in [0.29, 0.717) is 0 Å². The number of rotatable bonds is 3. The second-order valence-electron chi connectivity index (χ2n) is 3.54. The summed E-state index contributed by atoms with van der Waals surface area (Å²) in [6, 6.07) is 0. The van der Waals surface area contributed by atoms with Crippen LogP contribution in [0.4, 0.5) is 0 Å². The van der Waals surface area contributed by atoms with Gasteiger partial charge in [0, 0.05) is 38.5 Å². The maximum Gasteiger partial charge on any atom is 0.0594 e. The van der Waals surface area contributed by atoms with Crippen molar-refractivity contribution < 1.29 is 4.74 Å². The predicted octanol–water partition coefficient (Wildman–Crippen LogP) is 1.55. The van der Waals surface area contributed by atoms with Crippen molar-refractivity contribution in [1.82, 2.24) is 9.91 Å². The van der Waals surface area contributed by atoms with Crippen molar-refractivity contribution in [2.75, 3.05) is 39.4 Å². The minimum absolute atomic E-state index is 0.874. The number of ether oxygens (including phenoxy) is 1. The fraction of sp³-hybridized carbons (Fsp3) is 0.750. The van der Waals surface area contributed by atoms with Crippen LogP contribution in [0, 0.1) is 0 Å². The second kappa shape index (κ2) is 8.30. The van der Waals surface area contributed by atoms with E-state index in [-0.39, 0.29) is 0 Å². The average molecular weight is 225 g/mol. The fourth-order valence-corrected chi connectivity index (χ4v) is 1.63. The first kappa shape index (κ1) is 13.2. The molecule has 0 aromatic carbocycles. The molecule has 0 aromatic rings. The Labute approximate surface area is 98.6 Å². The molecule has 0 saturated carbocycles. The van der Waals surface area contributed by atoms with Gasteiger partial charge in [0.05, 0.1) is 19.8 Å². The molecule has 0 spiro atoms. The van der Waals surface area contributed by atoms with E-state index in [1.165, 1.54) is 0 Å². The predicted molar refractivity (Wildman–Crippen MR) is 67.6 cm³/mol. The summed E-state index contributed by atoms with van der Waals surface area (Å²) in [5.74, 6) is 0. The molecule has 4 heteroatoms. The molecule has 0 radical (unpaired) electrons. The van der Waals surface area contributed by atoms with Crippen LogP contribution in [0.25, 0.3) is 0 Å². The minimum Gasteiger partial charge on any atom is -0.379 e. The van der Waals surface area contributed by atoms with E-state index >= 15 is 0 Å². The Kier molecular flexibility index (Phi) is 6.85. The van der Waals surface area contributed by atoms with Crippen LogP contribution in [-0.4, -0.2) is 55.5 Å². The van der Waals surface area contributed by atoms with Crippen molar-refractivity contribution in [2.45, 2.75) is 20.3 Å². The first-order valence-corrected chi connectivity index (χ1v) is 6.21. The molecule has 1 fully saturated rings. The van der Waals surface area contributed by atoms with Crippen LogP contribution in [0.3, 0.4) is 0 Å². The van der Waals surface area contributed by atoms with Gasteiger partial charge >= 0.3 is 0 Å². The van der Waals surface area contributed by atoms with Gasteiger partial charge in [-0.3, -0.25) is 9.91 Å². The SMILES string of the molecule is C1=CN(CCN2CCOCC2)N=CC1.CC. The Balaban J connectivity index is 0.000000606. The van der Waals surface area contributed by atoms with E-state index in [4.69, 9.17) is 4.74 Å². The van der Waals surface area contributed by atoms with Crippen molar-refractivity contribution in [3.63, 3.8) is 0 Å². The van der Waals surface area contributed by atoms with Crippen LogP contribution in [0.5, 0.6) is 0 Å². The highest BCUT2D eigenvalue weighted by atomic mass is 16.5. The molecule has 2 rings (SSSR count). The van der Waals surface area contributed by atoms with Crippen molar-refractivity contribution in [1.29, 1.82) is 0 Å². The first-order valence-electron chi connectivity index (χ1n) is 6.21. The third kappa shape index (κ3) is 4.77. The van der Waals surface area contributed by atoms with E-state index in [2.05, 4.69) is 22.3 Å². The van der Waals surface area contributed by atoms with Gasteiger partial charge in [-0.2, -0.15) is 5.10 Å². The highest BCUT2D eigenvalue weighted by molar-refractivity contribution is 5.59. The molecule has 16 heavy (non-hydrogen) atoms. The molecule has 0 atom stereocenters. The van der Waals surface area contributed by atoms with Crippen LogP contribution in [0.15, 0.2) is 17.4 Å².